The molecule has 0 radical (unpaired) electrons. The highest BCUT2D eigenvalue weighted by atomic mass is 32.2. The van der Waals surface area contributed by atoms with Gasteiger partial charge in [0.25, 0.3) is 0 Å². The van der Waals surface area contributed by atoms with E-state index in [1.54, 1.807) is 11.8 Å². The number of anilines is 1. The lowest BCUT2D eigenvalue weighted by molar-refractivity contribution is 0.539. The Hall–Kier alpha value is -0.810. The van der Waals surface area contributed by atoms with Crippen LogP contribution in [0.1, 0.15) is 47.4 Å². The summed E-state index contributed by atoms with van der Waals surface area (Å²) in [7, 11) is 0. The normalized spacial score (nSPS) is 12.6. The quantitative estimate of drug-likeness (QED) is 0.368. The summed E-state index contributed by atoms with van der Waals surface area (Å²) in [6, 6.07) is 1.88. The lowest BCUT2D eigenvalue weighted by Gasteiger charge is -2.21. The van der Waals surface area contributed by atoms with Gasteiger partial charge in [-0.2, -0.15) is 0 Å². The molecule has 4 nitrogen and oxygen atoms in total. The predicted molar refractivity (Wildman–Crippen MR) is 74.2 cm³/mol. The van der Waals surface area contributed by atoms with E-state index in [-0.39, 0.29) is 10.2 Å². The Labute approximate surface area is 108 Å². The van der Waals surface area contributed by atoms with Crippen molar-refractivity contribution >= 4 is 17.6 Å². The zero-order valence-corrected chi connectivity index (χ0v) is 12.3. The first-order valence-electron chi connectivity index (χ1n) is 5.67. The van der Waals surface area contributed by atoms with Crippen LogP contribution in [0, 0.1) is 0 Å². The summed E-state index contributed by atoms with van der Waals surface area (Å²) in [4.78, 5) is 8.99. The maximum Gasteiger partial charge on any atom is 0.144 e. The lowest BCUT2D eigenvalue weighted by atomic mass is 9.96. The predicted octanol–water partition coefficient (Wildman–Crippen LogP) is 2.95. The van der Waals surface area contributed by atoms with Crippen molar-refractivity contribution < 1.29 is 0 Å². The summed E-state index contributed by atoms with van der Waals surface area (Å²) in [5.41, 5.74) is 2.52. The van der Waals surface area contributed by atoms with E-state index >= 15 is 0 Å². The molecular weight excluding hydrogens is 232 g/mol. The number of rotatable bonds is 2. The fourth-order valence-corrected chi connectivity index (χ4v) is 2.13. The van der Waals surface area contributed by atoms with Crippen LogP contribution < -0.4 is 11.3 Å². The van der Waals surface area contributed by atoms with Gasteiger partial charge in [-0.1, -0.05) is 41.5 Å². The topological polar surface area (TPSA) is 63.8 Å². The van der Waals surface area contributed by atoms with Gasteiger partial charge in [-0.3, -0.25) is 0 Å². The van der Waals surface area contributed by atoms with E-state index in [1.807, 2.05) is 6.07 Å². The van der Waals surface area contributed by atoms with E-state index < -0.39 is 0 Å². The highest BCUT2D eigenvalue weighted by Crippen LogP contribution is 2.32. The minimum Gasteiger partial charge on any atom is -0.308 e. The van der Waals surface area contributed by atoms with E-state index in [1.165, 1.54) is 0 Å². The third-order valence-electron chi connectivity index (χ3n) is 1.93. The second-order valence-corrected chi connectivity index (χ2v) is 7.87. The number of thioether (sulfide) groups is 1. The average molecular weight is 254 g/mol. The van der Waals surface area contributed by atoms with Crippen LogP contribution in [0.5, 0.6) is 0 Å². The summed E-state index contributed by atoms with van der Waals surface area (Å²) < 4.78 is 0.120. The number of nitrogens with one attached hydrogen (secondary N) is 1. The fraction of sp³-hybridized carbons (Fsp3) is 0.667. The largest absolute Gasteiger partial charge is 0.308 e. The number of nitrogens with zero attached hydrogens (tertiary/aromatic N) is 2. The Morgan fingerprint density at radius 3 is 2.12 bits per heavy atom. The molecule has 5 heteroatoms. The molecule has 0 atom stereocenters. The molecule has 0 unspecified atom stereocenters. The van der Waals surface area contributed by atoms with Crippen molar-refractivity contribution in [3.05, 3.63) is 11.9 Å². The molecular formula is C12H22N4S. The van der Waals surface area contributed by atoms with Gasteiger partial charge in [0.05, 0.1) is 0 Å². The molecule has 3 N–H and O–H groups in total. The fourth-order valence-electron chi connectivity index (χ4n) is 1.20. The number of hydrogen-bond acceptors (Lipinski definition) is 5. The van der Waals surface area contributed by atoms with Crippen LogP contribution >= 0.6 is 11.8 Å². The van der Waals surface area contributed by atoms with Crippen LogP contribution in [0.4, 0.5) is 5.82 Å². The first kappa shape index (κ1) is 14.3. The molecule has 0 aromatic carbocycles. The third kappa shape index (κ3) is 4.52. The monoisotopic (exact) mass is 254 g/mol. The van der Waals surface area contributed by atoms with E-state index in [4.69, 9.17) is 5.84 Å². The Balaban J connectivity index is 3.15. The number of hydrogen-bond donors (Lipinski definition) is 2. The van der Waals surface area contributed by atoms with Gasteiger partial charge >= 0.3 is 0 Å². The summed E-state index contributed by atoms with van der Waals surface area (Å²) in [5, 5.41) is 0.949. The Morgan fingerprint density at radius 1 is 1.12 bits per heavy atom. The van der Waals surface area contributed by atoms with Crippen LogP contribution in [0.2, 0.25) is 0 Å². The van der Waals surface area contributed by atoms with Crippen molar-refractivity contribution in [2.24, 2.45) is 5.84 Å². The molecule has 0 aliphatic carbocycles. The van der Waals surface area contributed by atoms with E-state index in [9.17, 15) is 0 Å². The van der Waals surface area contributed by atoms with Crippen LogP contribution in [0.15, 0.2) is 11.1 Å². The minimum atomic E-state index is -0.0833. The van der Waals surface area contributed by atoms with Crippen molar-refractivity contribution in [1.82, 2.24) is 9.97 Å². The number of hydrazine groups is 1. The highest BCUT2D eigenvalue weighted by Gasteiger charge is 2.21. The molecule has 0 aliphatic heterocycles. The standard InChI is InChI=1S/C12H22N4S/c1-11(2,3)10-14-8(16-13)7-9(15-10)17-12(4,5)6/h7H,13H2,1-6H3,(H,14,15,16). The molecule has 1 rings (SSSR count). The second-order valence-electron chi connectivity index (χ2n) is 6.02. The number of aromatic nitrogens is 2. The van der Waals surface area contributed by atoms with Crippen molar-refractivity contribution in [2.75, 3.05) is 5.43 Å². The molecule has 0 saturated heterocycles. The van der Waals surface area contributed by atoms with Gasteiger partial charge in [0, 0.05) is 16.2 Å². The second kappa shape index (κ2) is 4.82. The van der Waals surface area contributed by atoms with Crippen LogP contribution in [0.3, 0.4) is 0 Å². The molecule has 0 saturated carbocycles. The van der Waals surface area contributed by atoms with Gasteiger partial charge in [-0.15, -0.1) is 11.8 Å². The first-order chi connectivity index (χ1) is 7.62. The molecule has 0 spiro atoms. The highest BCUT2D eigenvalue weighted by molar-refractivity contribution is 8.00. The molecule has 0 fully saturated rings. The van der Waals surface area contributed by atoms with Crippen LogP contribution in [0.25, 0.3) is 0 Å². The molecule has 0 aliphatic rings. The van der Waals surface area contributed by atoms with E-state index in [0.717, 1.165) is 10.9 Å². The summed E-state index contributed by atoms with van der Waals surface area (Å²) >= 11 is 1.71. The smallest absolute Gasteiger partial charge is 0.144 e. The number of nitrogens with two attached hydrogens (primary N) is 1. The molecule has 1 aromatic heterocycles. The SMILES string of the molecule is CC(C)(C)Sc1cc(NN)nc(C(C)(C)C)n1. The molecule has 0 bridgehead atoms. The zero-order valence-electron chi connectivity index (χ0n) is 11.5. The number of nitrogen functional groups attached to an aromatic ring is 1. The minimum absolute atomic E-state index is 0.0833. The van der Waals surface area contributed by atoms with E-state index in [0.29, 0.717) is 5.82 Å². The summed E-state index contributed by atoms with van der Waals surface area (Å²) in [6.45, 7) is 12.8. The van der Waals surface area contributed by atoms with Crippen molar-refractivity contribution in [1.29, 1.82) is 0 Å². The molecule has 1 aromatic rings. The molecule has 96 valence electrons. The Kier molecular flexibility index (Phi) is 4.04. The van der Waals surface area contributed by atoms with E-state index in [2.05, 4.69) is 56.9 Å². The van der Waals surface area contributed by atoms with Gasteiger partial charge in [-0.05, 0) is 0 Å². The maximum absolute atomic E-state index is 5.45. The van der Waals surface area contributed by atoms with Crippen LogP contribution in [-0.4, -0.2) is 14.7 Å². The van der Waals surface area contributed by atoms with Crippen molar-refractivity contribution in [3.63, 3.8) is 0 Å². The van der Waals surface area contributed by atoms with Crippen molar-refractivity contribution in [3.8, 4) is 0 Å². The summed E-state index contributed by atoms with van der Waals surface area (Å²) in [5.74, 6) is 6.91. The Morgan fingerprint density at radius 2 is 1.71 bits per heavy atom. The Bertz CT molecular complexity index is 390. The summed E-state index contributed by atoms with van der Waals surface area (Å²) in [6.07, 6.45) is 0. The zero-order chi connectivity index (χ0) is 13.3. The molecule has 0 amide bonds. The van der Waals surface area contributed by atoms with Crippen molar-refractivity contribution in [2.45, 2.75) is 56.7 Å². The van der Waals surface area contributed by atoms with Gasteiger partial charge in [-0.25, -0.2) is 15.8 Å². The maximum atomic E-state index is 5.45. The van der Waals surface area contributed by atoms with Gasteiger partial charge in [0.1, 0.15) is 16.7 Å². The third-order valence-corrected chi connectivity index (χ3v) is 2.96. The van der Waals surface area contributed by atoms with Gasteiger partial charge < -0.3 is 5.43 Å². The van der Waals surface area contributed by atoms with Gasteiger partial charge in [0.2, 0.25) is 0 Å². The van der Waals surface area contributed by atoms with Crippen LogP contribution in [-0.2, 0) is 5.41 Å². The van der Waals surface area contributed by atoms with Gasteiger partial charge in [0.15, 0.2) is 0 Å². The molecule has 1 heterocycles. The average Bonchev–Trinajstić information content (AvgIpc) is 2.13. The lowest BCUT2D eigenvalue weighted by Crippen LogP contribution is -2.20. The molecule has 17 heavy (non-hydrogen) atoms. The first-order valence-corrected chi connectivity index (χ1v) is 6.49.